The molecule has 0 amide bonds. The predicted molar refractivity (Wildman–Crippen MR) is 143 cm³/mol. The molecule has 6 nitrogen and oxygen atoms in total. The topological polar surface area (TPSA) is 80.8 Å². The van der Waals surface area contributed by atoms with Gasteiger partial charge in [-0.25, -0.2) is 17.0 Å². The van der Waals surface area contributed by atoms with E-state index in [-0.39, 0.29) is 22.0 Å². The van der Waals surface area contributed by atoms with Crippen LogP contribution in [-0.4, -0.2) is 29.5 Å². The summed E-state index contributed by atoms with van der Waals surface area (Å²) >= 11 is 0. The van der Waals surface area contributed by atoms with Gasteiger partial charge in [0.15, 0.2) is 0 Å². The highest BCUT2D eigenvalue weighted by atomic mass is 32.2. The van der Waals surface area contributed by atoms with Crippen molar-refractivity contribution in [3.05, 3.63) is 89.7 Å². The van der Waals surface area contributed by atoms with Crippen LogP contribution in [-0.2, 0) is 24.3 Å². The zero-order valence-electron chi connectivity index (χ0n) is 21.4. The normalized spacial score (nSPS) is 12.9. The van der Waals surface area contributed by atoms with E-state index in [1.165, 1.54) is 36.4 Å². The Morgan fingerprint density at radius 1 is 0.811 bits per heavy atom. The maximum atomic E-state index is 13.6. The summed E-state index contributed by atoms with van der Waals surface area (Å²) in [6, 6.07) is 17.6. The second kappa shape index (κ2) is 11.1. The smallest absolute Gasteiger partial charge is 0.254 e. The molecule has 1 unspecified atom stereocenters. The largest absolute Gasteiger partial charge is 0.298 e. The van der Waals surface area contributed by atoms with E-state index in [1.54, 1.807) is 45.0 Å². The van der Waals surface area contributed by atoms with Crippen molar-refractivity contribution in [2.75, 3.05) is 10.8 Å². The monoisotopic (exact) mass is 543 g/mol. The molecular weight excluding hydrogens is 513 g/mol. The van der Waals surface area contributed by atoms with Gasteiger partial charge in [0, 0.05) is 5.41 Å². The van der Waals surface area contributed by atoms with Crippen LogP contribution in [0.15, 0.2) is 82.6 Å². The maximum absolute atomic E-state index is 13.6. The molecular formula is C28H30FNO5S2. The van der Waals surface area contributed by atoms with Crippen molar-refractivity contribution in [2.45, 2.75) is 50.5 Å². The molecule has 37 heavy (non-hydrogen) atoms. The molecule has 3 aromatic rings. The zero-order chi connectivity index (χ0) is 27.4. The third-order valence-corrected chi connectivity index (χ3v) is 8.58. The van der Waals surface area contributed by atoms with Crippen molar-refractivity contribution in [1.82, 2.24) is 0 Å². The fourth-order valence-corrected chi connectivity index (χ4v) is 5.78. The third kappa shape index (κ3) is 7.19. The second-order valence-electron chi connectivity index (χ2n) is 9.73. The summed E-state index contributed by atoms with van der Waals surface area (Å²) in [5.41, 5.74) is 1.31. The second-order valence-corrected chi connectivity index (χ2v) is 13.2. The van der Waals surface area contributed by atoms with Gasteiger partial charge in [0.1, 0.15) is 11.9 Å². The Balaban J connectivity index is 1.96. The van der Waals surface area contributed by atoms with Crippen LogP contribution < -0.4 is 4.31 Å². The van der Waals surface area contributed by atoms with Crippen LogP contribution in [0.3, 0.4) is 0 Å². The van der Waals surface area contributed by atoms with E-state index >= 15 is 0 Å². The molecule has 3 aromatic carbocycles. The minimum Gasteiger partial charge on any atom is -0.254 e. The Kier molecular flexibility index (Phi) is 8.48. The van der Waals surface area contributed by atoms with Gasteiger partial charge in [-0.15, -0.1) is 0 Å². The lowest BCUT2D eigenvalue weighted by atomic mass is 9.89. The standard InChI is InChI=1S/C28H30FNO5S2/c1-21-8-16-25(17-9-21)36(31,32)30(24-14-12-23(29)13-15-24)20-6-7-27(28(3,4)5)35-37(33,34)26-18-10-22(2)11-19-26/h8-19,27H,20H2,1-5H3. The fourth-order valence-electron chi connectivity index (χ4n) is 3.24. The number of sulfonamides is 1. The first-order valence-corrected chi connectivity index (χ1v) is 14.4. The van der Waals surface area contributed by atoms with Crippen molar-refractivity contribution < 1.29 is 25.4 Å². The predicted octanol–water partition coefficient (Wildman–Crippen LogP) is 5.46. The van der Waals surface area contributed by atoms with E-state index in [2.05, 4.69) is 11.8 Å². The van der Waals surface area contributed by atoms with E-state index in [0.29, 0.717) is 0 Å². The molecule has 0 N–H and O–H groups in total. The molecule has 0 saturated heterocycles. The van der Waals surface area contributed by atoms with E-state index in [9.17, 15) is 21.2 Å². The first kappa shape index (κ1) is 28.4. The number of hydrogen-bond acceptors (Lipinski definition) is 5. The first-order chi connectivity index (χ1) is 17.2. The van der Waals surface area contributed by atoms with E-state index in [0.717, 1.165) is 27.6 Å². The Hall–Kier alpha value is -3.19. The molecule has 0 fully saturated rings. The number of rotatable bonds is 7. The quantitative estimate of drug-likeness (QED) is 0.292. The van der Waals surface area contributed by atoms with Gasteiger partial charge in [0.05, 0.1) is 22.0 Å². The van der Waals surface area contributed by atoms with Gasteiger partial charge < -0.3 is 0 Å². The molecule has 0 aliphatic heterocycles. The van der Waals surface area contributed by atoms with Gasteiger partial charge in [-0.05, 0) is 62.4 Å². The number of aryl methyl sites for hydroxylation is 2. The number of anilines is 1. The SMILES string of the molecule is Cc1ccc(S(=O)(=O)OC(C#CCN(c2ccc(F)cc2)S(=O)(=O)c2ccc(C)cc2)C(C)(C)C)cc1. The van der Waals surface area contributed by atoms with Crippen LogP contribution in [0.5, 0.6) is 0 Å². The molecule has 0 aliphatic carbocycles. The van der Waals surface area contributed by atoms with Crippen LogP contribution in [0.25, 0.3) is 0 Å². The van der Waals surface area contributed by atoms with E-state index in [1.807, 2.05) is 13.8 Å². The van der Waals surface area contributed by atoms with Crippen LogP contribution in [0.4, 0.5) is 10.1 Å². The molecule has 196 valence electrons. The highest BCUT2D eigenvalue weighted by Gasteiger charge is 2.30. The van der Waals surface area contributed by atoms with Crippen LogP contribution in [0.1, 0.15) is 31.9 Å². The van der Waals surface area contributed by atoms with Crippen molar-refractivity contribution in [3.63, 3.8) is 0 Å². The molecule has 0 bridgehead atoms. The highest BCUT2D eigenvalue weighted by Crippen LogP contribution is 2.27. The summed E-state index contributed by atoms with van der Waals surface area (Å²) in [5, 5.41) is 0. The lowest BCUT2D eigenvalue weighted by Crippen LogP contribution is -2.33. The summed E-state index contributed by atoms with van der Waals surface area (Å²) in [6.07, 6.45) is -1.06. The van der Waals surface area contributed by atoms with E-state index < -0.39 is 37.5 Å². The van der Waals surface area contributed by atoms with Gasteiger partial charge in [-0.1, -0.05) is 68.0 Å². The minimum absolute atomic E-state index is 0.00374. The lowest BCUT2D eigenvalue weighted by Gasteiger charge is -2.26. The van der Waals surface area contributed by atoms with Gasteiger partial charge in [0.25, 0.3) is 20.1 Å². The minimum atomic E-state index is -4.12. The Morgan fingerprint density at radius 3 is 1.78 bits per heavy atom. The molecule has 0 aromatic heterocycles. The maximum Gasteiger partial charge on any atom is 0.298 e. The van der Waals surface area contributed by atoms with Crippen LogP contribution >= 0.6 is 0 Å². The third-order valence-electron chi connectivity index (χ3n) is 5.50. The summed E-state index contributed by atoms with van der Waals surface area (Å²) < 4.78 is 72.8. The average Bonchev–Trinajstić information content (AvgIpc) is 2.81. The Morgan fingerprint density at radius 2 is 1.30 bits per heavy atom. The van der Waals surface area contributed by atoms with Crippen molar-refractivity contribution >= 4 is 25.8 Å². The van der Waals surface area contributed by atoms with Crippen LogP contribution in [0.2, 0.25) is 0 Å². The van der Waals surface area contributed by atoms with Gasteiger partial charge in [-0.2, -0.15) is 8.42 Å². The van der Waals surface area contributed by atoms with Crippen molar-refractivity contribution in [1.29, 1.82) is 0 Å². The number of benzene rings is 3. The van der Waals surface area contributed by atoms with Crippen LogP contribution in [0, 0.1) is 36.9 Å². The molecule has 0 radical (unpaired) electrons. The fraction of sp³-hybridized carbons (Fsp3) is 0.286. The molecule has 0 saturated carbocycles. The number of halogens is 1. The Bertz CT molecular complexity index is 1500. The van der Waals surface area contributed by atoms with Gasteiger partial charge >= 0.3 is 0 Å². The summed E-state index contributed by atoms with van der Waals surface area (Å²) in [6.45, 7) is 8.71. The van der Waals surface area contributed by atoms with Gasteiger partial charge in [0.2, 0.25) is 0 Å². The Labute approximate surface area is 219 Å². The molecule has 9 heteroatoms. The molecule has 0 spiro atoms. The van der Waals surface area contributed by atoms with Crippen molar-refractivity contribution in [2.24, 2.45) is 5.41 Å². The zero-order valence-corrected chi connectivity index (χ0v) is 23.0. The molecule has 1 atom stereocenters. The first-order valence-electron chi connectivity index (χ1n) is 11.5. The summed E-state index contributed by atoms with van der Waals surface area (Å²) in [5.74, 6) is 5.09. The molecule has 0 aliphatic rings. The van der Waals surface area contributed by atoms with Crippen molar-refractivity contribution in [3.8, 4) is 11.8 Å². The lowest BCUT2D eigenvalue weighted by molar-refractivity contribution is 0.143. The molecule has 3 rings (SSSR count). The highest BCUT2D eigenvalue weighted by molar-refractivity contribution is 7.92. The molecule has 0 heterocycles. The van der Waals surface area contributed by atoms with Gasteiger partial charge in [-0.3, -0.25) is 4.31 Å². The summed E-state index contributed by atoms with van der Waals surface area (Å²) in [7, 11) is -8.17. The number of nitrogens with zero attached hydrogens (tertiary/aromatic N) is 1. The summed E-state index contributed by atoms with van der Waals surface area (Å²) in [4.78, 5) is 0.0545. The van der Waals surface area contributed by atoms with E-state index in [4.69, 9.17) is 4.18 Å². The number of hydrogen-bond donors (Lipinski definition) is 0. The average molecular weight is 544 g/mol.